The first-order valence-electron chi connectivity index (χ1n) is 24.5. The third-order valence-electron chi connectivity index (χ3n) is 14.0. The van der Waals surface area contributed by atoms with Crippen molar-refractivity contribution in [1.29, 1.82) is 5.26 Å². The summed E-state index contributed by atoms with van der Waals surface area (Å²) in [7, 11) is 0. The standard InChI is InChI=1S/C66H38F3N7/c1-71-49-22-13-21-45(36-49)47-30-33-59-53(38-47)51-24-9-11-27-57(51)76(59)61-28-14-25-55(66(67,68)69)62(61)54-39-48(65-73-63(42-16-4-2-5-17-42)72-64(74-65)43-18-6-3-7-19-43)31-34-60(54)75-56-26-10-8-23-50(56)52-37-46(29-32-58(52)75)44-20-12-15-41(35-44)40-70/h2-39H. The normalized spacial score (nSPS) is 11.6. The molecule has 0 saturated carbocycles. The molecule has 0 radical (unpaired) electrons. The van der Waals surface area contributed by atoms with Crippen molar-refractivity contribution in [2.24, 2.45) is 0 Å². The van der Waals surface area contributed by atoms with Crippen molar-refractivity contribution in [2.75, 3.05) is 0 Å². The van der Waals surface area contributed by atoms with Crippen LogP contribution in [0.15, 0.2) is 231 Å². The molecule has 0 aliphatic carbocycles. The van der Waals surface area contributed by atoms with E-state index in [1.807, 2.05) is 191 Å². The number of para-hydroxylation sites is 2. The smallest absolute Gasteiger partial charge is 0.309 e. The maximum absolute atomic E-state index is 16.3. The Morgan fingerprint density at radius 1 is 0.408 bits per heavy atom. The quantitative estimate of drug-likeness (QED) is 0.142. The van der Waals surface area contributed by atoms with Crippen LogP contribution in [-0.2, 0) is 6.18 Å². The molecule has 13 rings (SSSR count). The Morgan fingerprint density at radius 2 is 0.882 bits per heavy atom. The average molecular weight is 986 g/mol. The van der Waals surface area contributed by atoms with E-state index in [1.54, 1.807) is 24.3 Å². The summed E-state index contributed by atoms with van der Waals surface area (Å²) in [6.07, 6.45) is -4.82. The molecule has 10 heteroatoms. The SMILES string of the molecule is [C-]#[N+]c1cccc(-c2ccc3c(c2)c2ccccc2n3-c2cccc(C(F)(F)F)c2-c2cc(-c3nc(-c4ccccc4)nc(-c4ccccc4)n3)ccc2-n2c3ccccc3c3cc(-c4cccc(C#N)c4)ccc32)c1. The van der Waals surface area contributed by atoms with Gasteiger partial charge in [-0.25, -0.2) is 19.8 Å². The van der Waals surface area contributed by atoms with Gasteiger partial charge in [0, 0.05) is 49.4 Å². The van der Waals surface area contributed by atoms with Gasteiger partial charge >= 0.3 is 6.18 Å². The molecule has 0 aliphatic rings. The third kappa shape index (κ3) is 7.81. The van der Waals surface area contributed by atoms with E-state index in [4.69, 9.17) is 21.5 Å². The molecule has 0 saturated heterocycles. The second-order valence-corrected chi connectivity index (χ2v) is 18.5. The topological polar surface area (TPSA) is 76.7 Å². The molecule has 13 aromatic rings. The van der Waals surface area contributed by atoms with Crippen LogP contribution < -0.4 is 0 Å². The number of halogens is 3. The number of benzene rings is 10. The molecule has 0 fully saturated rings. The molecule has 0 bridgehead atoms. The molecule has 76 heavy (non-hydrogen) atoms. The van der Waals surface area contributed by atoms with Crippen LogP contribution in [0.4, 0.5) is 18.9 Å². The van der Waals surface area contributed by atoms with E-state index in [0.717, 1.165) is 72.0 Å². The van der Waals surface area contributed by atoms with Crippen molar-refractivity contribution in [2.45, 2.75) is 6.18 Å². The lowest BCUT2D eigenvalue weighted by Gasteiger charge is -2.23. The predicted molar refractivity (Wildman–Crippen MR) is 297 cm³/mol. The van der Waals surface area contributed by atoms with Crippen LogP contribution in [0.25, 0.3) is 127 Å². The summed E-state index contributed by atoms with van der Waals surface area (Å²) < 4.78 is 53.0. The van der Waals surface area contributed by atoms with Crippen molar-refractivity contribution >= 4 is 49.3 Å². The number of nitrogens with zero attached hydrogens (tertiary/aromatic N) is 7. The van der Waals surface area contributed by atoms with Gasteiger partial charge < -0.3 is 9.13 Å². The fourth-order valence-electron chi connectivity index (χ4n) is 10.6. The zero-order valence-corrected chi connectivity index (χ0v) is 40.2. The number of aromatic nitrogens is 5. The highest BCUT2D eigenvalue weighted by molar-refractivity contribution is 6.13. The Balaban J connectivity index is 1.13. The largest absolute Gasteiger partial charge is 0.417 e. The second kappa shape index (κ2) is 18.3. The van der Waals surface area contributed by atoms with Crippen molar-refractivity contribution in [3.63, 3.8) is 0 Å². The van der Waals surface area contributed by atoms with Crippen molar-refractivity contribution < 1.29 is 13.2 Å². The van der Waals surface area contributed by atoms with E-state index in [2.05, 4.69) is 23.0 Å². The van der Waals surface area contributed by atoms with Crippen LogP contribution in [0.5, 0.6) is 0 Å². The molecular weight excluding hydrogens is 948 g/mol. The Kier molecular flexibility index (Phi) is 10.9. The first kappa shape index (κ1) is 45.4. The van der Waals surface area contributed by atoms with Gasteiger partial charge in [0.25, 0.3) is 0 Å². The van der Waals surface area contributed by atoms with Crippen molar-refractivity contribution in [3.05, 3.63) is 253 Å². The molecule has 10 aromatic carbocycles. The van der Waals surface area contributed by atoms with Gasteiger partial charge in [-0.3, -0.25) is 0 Å². The summed E-state index contributed by atoms with van der Waals surface area (Å²) in [6, 6.07) is 73.9. The minimum Gasteiger partial charge on any atom is -0.309 e. The van der Waals surface area contributed by atoms with E-state index < -0.39 is 11.7 Å². The van der Waals surface area contributed by atoms with Crippen molar-refractivity contribution in [1.82, 2.24) is 24.1 Å². The Bertz CT molecular complexity index is 4480. The lowest BCUT2D eigenvalue weighted by Crippen LogP contribution is -2.11. The fourth-order valence-corrected chi connectivity index (χ4v) is 10.6. The lowest BCUT2D eigenvalue weighted by molar-refractivity contribution is -0.137. The van der Waals surface area contributed by atoms with Crippen molar-refractivity contribution in [3.8, 4) is 85.0 Å². The number of rotatable bonds is 8. The molecule has 3 heterocycles. The third-order valence-corrected chi connectivity index (χ3v) is 14.0. The van der Waals surface area contributed by atoms with Crippen LogP contribution in [0.3, 0.4) is 0 Å². The summed E-state index contributed by atoms with van der Waals surface area (Å²) in [5.41, 5.74) is 9.69. The Labute approximate surface area is 434 Å². The van der Waals surface area contributed by atoms with Crippen LogP contribution in [0.1, 0.15) is 11.1 Å². The van der Waals surface area contributed by atoms with Gasteiger partial charge in [-0.2, -0.15) is 18.4 Å². The first-order valence-corrected chi connectivity index (χ1v) is 24.5. The molecule has 358 valence electrons. The summed E-state index contributed by atoms with van der Waals surface area (Å²) in [6.45, 7) is 7.66. The van der Waals surface area contributed by atoms with Gasteiger partial charge in [0.2, 0.25) is 0 Å². The minimum absolute atomic E-state index is 0.0418. The van der Waals surface area contributed by atoms with E-state index in [9.17, 15) is 5.26 Å². The molecular formula is C66H38F3N7. The predicted octanol–water partition coefficient (Wildman–Crippen LogP) is 17.5. The van der Waals surface area contributed by atoms with Crippen LogP contribution in [-0.4, -0.2) is 24.1 Å². The highest BCUT2D eigenvalue weighted by Gasteiger charge is 2.37. The molecule has 0 aliphatic heterocycles. The highest BCUT2D eigenvalue weighted by atomic mass is 19.4. The highest BCUT2D eigenvalue weighted by Crippen LogP contribution is 2.48. The molecule has 3 aromatic heterocycles. The molecule has 0 atom stereocenters. The zero-order chi connectivity index (χ0) is 51.5. The number of alkyl halides is 3. The monoisotopic (exact) mass is 985 g/mol. The summed E-state index contributed by atoms with van der Waals surface area (Å²) >= 11 is 0. The maximum Gasteiger partial charge on any atom is 0.417 e. The van der Waals surface area contributed by atoms with Gasteiger partial charge in [0.15, 0.2) is 23.2 Å². The fraction of sp³-hybridized carbons (Fsp3) is 0.0152. The molecule has 0 unspecified atom stereocenters. The maximum atomic E-state index is 16.3. The van der Waals surface area contributed by atoms with E-state index >= 15 is 13.2 Å². The average Bonchev–Trinajstić information content (AvgIpc) is 3.99. The van der Waals surface area contributed by atoms with E-state index in [-0.39, 0.29) is 17.0 Å². The molecule has 7 nitrogen and oxygen atoms in total. The first-order chi connectivity index (χ1) is 37.2. The summed E-state index contributed by atoms with van der Waals surface area (Å²) in [5.74, 6) is 1.11. The Morgan fingerprint density at radius 3 is 1.46 bits per heavy atom. The molecule has 0 spiro atoms. The van der Waals surface area contributed by atoms with Gasteiger partial charge in [0.1, 0.15) is 0 Å². The number of hydrogen-bond donors (Lipinski definition) is 0. The van der Waals surface area contributed by atoms with E-state index in [1.165, 1.54) is 6.07 Å². The Hall–Kier alpha value is -10.4. The van der Waals surface area contributed by atoms with Gasteiger partial charge in [-0.1, -0.05) is 146 Å². The number of nitriles is 1. The second-order valence-electron chi connectivity index (χ2n) is 18.5. The van der Waals surface area contributed by atoms with Gasteiger partial charge in [0.05, 0.1) is 57.2 Å². The summed E-state index contributed by atoms with van der Waals surface area (Å²) in [5, 5.41) is 13.2. The van der Waals surface area contributed by atoms with Crippen LogP contribution in [0, 0.1) is 17.9 Å². The number of fused-ring (bicyclic) bond motifs is 6. The van der Waals surface area contributed by atoms with Gasteiger partial charge in [-0.05, 0) is 107 Å². The zero-order valence-electron chi connectivity index (χ0n) is 40.2. The molecule has 0 amide bonds. The van der Waals surface area contributed by atoms with Gasteiger partial charge in [-0.15, -0.1) is 0 Å². The number of hydrogen-bond acceptors (Lipinski definition) is 4. The van der Waals surface area contributed by atoms with E-state index in [0.29, 0.717) is 50.9 Å². The van der Waals surface area contributed by atoms with Crippen LogP contribution in [0.2, 0.25) is 0 Å². The molecule has 0 N–H and O–H groups in total. The summed E-state index contributed by atoms with van der Waals surface area (Å²) in [4.78, 5) is 18.7. The van der Waals surface area contributed by atoms with Crippen LogP contribution >= 0.6 is 0 Å². The minimum atomic E-state index is -4.82. The lowest BCUT2D eigenvalue weighted by atomic mass is 9.93.